The number of amides is 1. The van der Waals surface area contributed by atoms with Crippen molar-refractivity contribution in [3.05, 3.63) is 65.7 Å². The quantitative estimate of drug-likeness (QED) is 0.589. The van der Waals surface area contributed by atoms with Gasteiger partial charge in [0.1, 0.15) is 5.75 Å². The Kier molecular flexibility index (Phi) is 5.29. The number of carbonyl (C=O) groups is 2. The molecule has 0 aromatic heterocycles. The molecule has 1 aliphatic rings. The summed E-state index contributed by atoms with van der Waals surface area (Å²) in [7, 11) is 0. The summed E-state index contributed by atoms with van der Waals surface area (Å²) in [5.74, 6) is 0.853. The van der Waals surface area contributed by atoms with Crippen molar-refractivity contribution in [3.63, 3.8) is 0 Å². The maximum atomic E-state index is 12.4. The van der Waals surface area contributed by atoms with Crippen LogP contribution >= 0.6 is 0 Å². The second-order valence-corrected chi connectivity index (χ2v) is 5.90. The maximum Gasteiger partial charge on any atom is 0.227 e. The van der Waals surface area contributed by atoms with Crippen LogP contribution in [0.5, 0.6) is 5.75 Å². The SMILES string of the molecule is CCOc1ccc(C=CC(=O)c2cccc(N3CCCC3=O)c2)cc1. The van der Waals surface area contributed by atoms with Crippen LogP contribution in [0.25, 0.3) is 6.08 Å². The lowest BCUT2D eigenvalue weighted by Gasteiger charge is -2.16. The van der Waals surface area contributed by atoms with E-state index in [1.807, 2.05) is 43.3 Å². The number of nitrogens with zero attached hydrogens (tertiary/aromatic N) is 1. The molecule has 2 aromatic carbocycles. The molecule has 1 aliphatic heterocycles. The van der Waals surface area contributed by atoms with Crippen LogP contribution in [-0.4, -0.2) is 24.8 Å². The van der Waals surface area contributed by atoms with E-state index in [9.17, 15) is 9.59 Å². The smallest absolute Gasteiger partial charge is 0.227 e. The lowest BCUT2D eigenvalue weighted by Crippen LogP contribution is -2.23. The van der Waals surface area contributed by atoms with Crippen molar-refractivity contribution in [2.45, 2.75) is 19.8 Å². The van der Waals surface area contributed by atoms with Crippen LogP contribution in [0, 0.1) is 0 Å². The first-order valence-electron chi connectivity index (χ1n) is 8.53. The predicted octanol–water partition coefficient (Wildman–Crippen LogP) is 4.11. The van der Waals surface area contributed by atoms with Gasteiger partial charge in [0.2, 0.25) is 5.91 Å². The molecule has 0 atom stereocenters. The minimum absolute atomic E-state index is 0.0811. The Labute approximate surface area is 147 Å². The van der Waals surface area contributed by atoms with Crippen LogP contribution in [0.2, 0.25) is 0 Å². The zero-order chi connectivity index (χ0) is 17.6. The number of anilines is 1. The fourth-order valence-corrected chi connectivity index (χ4v) is 2.86. The van der Waals surface area contributed by atoms with Gasteiger partial charge in [0.25, 0.3) is 0 Å². The molecular weight excluding hydrogens is 314 g/mol. The van der Waals surface area contributed by atoms with Crippen LogP contribution in [-0.2, 0) is 4.79 Å². The van der Waals surface area contributed by atoms with Crippen LogP contribution in [0.4, 0.5) is 5.69 Å². The van der Waals surface area contributed by atoms with Crippen molar-refractivity contribution in [1.82, 2.24) is 0 Å². The molecule has 0 spiro atoms. The Morgan fingerprint density at radius 2 is 2.00 bits per heavy atom. The molecule has 128 valence electrons. The lowest BCUT2D eigenvalue weighted by molar-refractivity contribution is -0.117. The molecule has 2 aromatic rings. The van der Waals surface area contributed by atoms with Gasteiger partial charge >= 0.3 is 0 Å². The van der Waals surface area contributed by atoms with Crippen molar-refractivity contribution in [2.75, 3.05) is 18.1 Å². The Balaban J connectivity index is 1.71. The van der Waals surface area contributed by atoms with Crippen molar-refractivity contribution in [1.29, 1.82) is 0 Å². The molecule has 1 heterocycles. The van der Waals surface area contributed by atoms with Crippen LogP contribution in [0.1, 0.15) is 35.7 Å². The van der Waals surface area contributed by atoms with Gasteiger partial charge in [-0.25, -0.2) is 0 Å². The highest BCUT2D eigenvalue weighted by Gasteiger charge is 2.21. The summed E-state index contributed by atoms with van der Waals surface area (Å²) in [5.41, 5.74) is 2.31. The number of carbonyl (C=O) groups excluding carboxylic acids is 2. The Morgan fingerprint density at radius 1 is 1.20 bits per heavy atom. The van der Waals surface area contributed by atoms with E-state index in [0.717, 1.165) is 30.0 Å². The predicted molar refractivity (Wildman–Crippen MR) is 99.0 cm³/mol. The van der Waals surface area contributed by atoms with Crippen molar-refractivity contribution in [3.8, 4) is 5.75 Å². The number of hydrogen-bond acceptors (Lipinski definition) is 3. The first-order chi connectivity index (χ1) is 12.2. The Hall–Kier alpha value is -2.88. The van der Waals surface area contributed by atoms with Gasteiger partial charge in [-0.2, -0.15) is 0 Å². The third-order valence-corrected chi connectivity index (χ3v) is 4.13. The van der Waals surface area contributed by atoms with Crippen LogP contribution < -0.4 is 9.64 Å². The molecule has 0 bridgehead atoms. The summed E-state index contributed by atoms with van der Waals surface area (Å²) in [5, 5.41) is 0. The van der Waals surface area contributed by atoms with E-state index >= 15 is 0 Å². The summed E-state index contributed by atoms with van der Waals surface area (Å²) in [4.78, 5) is 26.0. The summed E-state index contributed by atoms with van der Waals surface area (Å²) >= 11 is 0. The average molecular weight is 335 g/mol. The van der Waals surface area contributed by atoms with E-state index < -0.39 is 0 Å². The zero-order valence-electron chi connectivity index (χ0n) is 14.3. The second kappa shape index (κ2) is 7.79. The number of allylic oxidation sites excluding steroid dienone is 1. The summed E-state index contributed by atoms with van der Waals surface area (Å²) in [6.07, 6.45) is 4.79. The number of benzene rings is 2. The Morgan fingerprint density at radius 3 is 2.68 bits per heavy atom. The van der Waals surface area contributed by atoms with Gasteiger partial charge in [-0.05, 0) is 49.2 Å². The molecule has 0 aliphatic carbocycles. The molecule has 4 nitrogen and oxygen atoms in total. The number of ketones is 1. The lowest BCUT2D eigenvalue weighted by atomic mass is 10.1. The normalized spacial score (nSPS) is 14.3. The first-order valence-corrected chi connectivity index (χ1v) is 8.53. The molecule has 25 heavy (non-hydrogen) atoms. The summed E-state index contributed by atoms with van der Waals surface area (Å²) in [6, 6.07) is 14.8. The number of ether oxygens (including phenoxy) is 1. The van der Waals surface area contributed by atoms with Gasteiger partial charge in [0.15, 0.2) is 5.78 Å². The molecule has 3 rings (SSSR count). The molecule has 0 radical (unpaired) electrons. The van der Waals surface area contributed by atoms with Gasteiger partial charge in [0, 0.05) is 24.2 Å². The Bertz CT molecular complexity index is 793. The standard InChI is InChI=1S/C21H21NO3/c1-2-25-19-11-8-16(9-12-19)10-13-20(23)17-5-3-6-18(15-17)22-14-4-7-21(22)24/h3,5-6,8-13,15H,2,4,7,14H2,1H3. The van der Waals surface area contributed by atoms with E-state index in [1.54, 1.807) is 29.2 Å². The van der Waals surface area contributed by atoms with Gasteiger partial charge in [0.05, 0.1) is 6.61 Å². The average Bonchev–Trinajstić information content (AvgIpc) is 3.07. The van der Waals surface area contributed by atoms with Gasteiger partial charge < -0.3 is 9.64 Å². The fourth-order valence-electron chi connectivity index (χ4n) is 2.86. The van der Waals surface area contributed by atoms with E-state index in [1.165, 1.54) is 0 Å². The molecule has 4 heteroatoms. The van der Waals surface area contributed by atoms with Crippen molar-refractivity contribution < 1.29 is 14.3 Å². The van der Waals surface area contributed by atoms with E-state index in [0.29, 0.717) is 18.6 Å². The molecule has 1 amide bonds. The van der Waals surface area contributed by atoms with Crippen molar-refractivity contribution >= 4 is 23.5 Å². The third-order valence-electron chi connectivity index (χ3n) is 4.13. The zero-order valence-corrected chi connectivity index (χ0v) is 14.3. The van der Waals surface area contributed by atoms with Gasteiger partial charge in [-0.15, -0.1) is 0 Å². The largest absolute Gasteiger partial charge is 0.494 e. The number of hydrogen-bond donors (Lipinski definition) is 0. The maximum absolute atomic E-state index is 12.4. The van der Waals surface area contributed by atoms with Gasteiger partial charge in [-0.1, -0.05) is 30.3 Å². The summed E-state index contributed by atoms with van der Waals surface area (Å²) in [6.45, 7) is 3.29. The van der Waals surface area contributed by atoms with Crippen LogP contribution in [0.15, 0.2) is 54.6 Å². The molecule has 0 saturated carbocycles. The van der Waals surface area contributed by atoms with Gasteiger partial charge in [-0.3, -0.25) is 9.59 Å². The second-order valence-electron chi connectivity index (χ2n) is 5.90. The van der Waals surface area contributed by atoms with E-state index in [2.05, 4.69) is 0 Å². The molecule has 0 unspecified atom stereocenters. The summed E-state index contributed by atoms with van der Waals surface area (Å²) < 4.78 is 5.40. The van der Waals surface area contributed by atoms with Crippen LogP contribution in [0.3, 0.4) is 0 Å². The third kappa shape index (κ3) is 4.15. The first kappa shape index (κ1) is 17.0. The highest BCUT2D eigenvalue weighted by Crippen LogP contribution is 2.22. The minimum atomic E-state index is -0.0811. The highest BCUT2D eigenvalue weighted by molar-refractivity contribution is 6.08. The van der Waals surface area contributed by atoms with E-state index in [4.69, 9.17) is 4.74 Å². The van der Waals surface area contributed by atoms with E-state index in [-0.39, 0.29) is 11.7 Å². The molecule has 0 N–H and O–H groups in total. The molecular formula is C21H21NO3. The highest BCUT2D eigenvalue weighted by atomic mass is 16.5. The monoisotopic (exact) mass is 335 g/mol. The number of rotatable bonds is 6. The molecule has 1 fully saturated rings. The fraction of sp³-hybridized carbons (Fsp3) is 0.238. The minimum Gasteiger partial charge on any atom is -0.494 e. The molecule has 1 saturated heterocycles. The van der Waals surface area contributed by atoms with Crippen molar-refractivity contribution in [2.24, 2.45) is 0 Å². The topological polar surface area (TPSA) is 46.6 Å².